The highest BCUT2D eigenvalue weighted by Gasteiger charge is 2.23. The molecule has 2 aromatic rings. The number of benzene rings is 1. The molecule has 1 aromatic heterocycles. The number of aromatic nitrogens is 2. The van der Waals surface area contributed by atoms with Gasteiger partial charge < -0.3 is 20.1 Å². The van der Waals surface area contributed by atoms with E-state index in [1.165, 1.54) is 0 Å². The molecule has 32 heavy (non-hydrogen) atoms. The maximum Gasteiger partial charge on any atom is 0.331 e. The number of likely N-dealkylation sites (tertiary alicyclic amines) is 1. The first-order valence-electron chi connectivity index (χ1n) is 10.8. The summed E-state index contributed by atoms with van der Waals surface area (Å²) in [6, 6.07) is 5.84. The second-order valence-corrected chi connectivity index (χ2v) is 8.38. The Morgan fingerprint density at radius 2 is 1.94 bits per heavy atom. The molecular weight excluding hydrogens is 412 g/mol. The monoisotopic (exact) mass is 442 g/mol. The minimum Gasteiger partial charge on any atom is -0.478 e. The fourth-order valence-electron chi connectivity index (χ4n) is 3.76. The molecule has 0 spiro atoms. The van der Waals surface area contributed by atoms with Crippen molar-refractivity contribution < 1.29 is 24.2 Å². The molecule has 2 heterocycles. The molecule has 9 heteroatoms. The van der Waals surface area contributed by atoms with Gasteiger partial charge in [-0.05, 0) is 39.7 Å². The Labute approximate surface area is 187 Å². The summed E-state index contributed by atoms with van der Waals surface area (Å²) in [7, 11) is 0. The lowest BCUT2D eigenvalue weighted by atomic mass is 10.0. The minimum absolute atomic E-state index is 0.0206. The molecule has 0 radical (unpaired) electrons. The van der Waals surface area contributed by atoms with Crippen LogP contribution >= 0.6 is 0 Å². The summed E-state index contributed by atoms with van der Waals surface area (Å²) in [5, 5.41) is 17.1. The molecule has 1 amide bonds. The summed E-state index contributed by atoms with van der Waals surface area (Å²) >= 11 is 0. The van der Waals surface area contributed by atoms with E-state index in [1.54, 1.807) is 16.9 Å². The Morgan fingerprint density at radius 3 is 2.59 bits per heavy atom. The van der Waals surface area contributed by atoms with Gasteiger partial charge in [-0.1, -0.05) is 12.1 Å². The number of carboxylic acids is 1. The molecule has 1 fully saturated rings. The van der Waals surface area contributed by atoms with Gasteiger partial charge in [0.2, 0.25) is 0 Å². The molecule has 1 unspecified atom stereocenters. The van der Waals surface area contributed by atoms with Crippen LogP contribution in [0.15, 0.2) is 36.5 Å². The SMILES string of the molecule is CC(C)N1CCC(NC(=O)c2cccc3cn(C(C)COC(=O)/C=C/C(=O)O)nc23)CC1. The minimum atomic E-state index is -1.22. The van der Waals surface area contributed by atoms with Crippen molar-refractivity contribution in [3.63, 3.8) is 0 Å². The van der Waals surface area contributed by atoms with E-state index in [9.17, 15) is 14.4 Å². The lowest BCUT2D eigenvalue weighted by molar-refractivity contribution is -0.139. The number of nitrogens with zero attached hydrogens (tertiary/aromatic N) is 3. The molecule has 1 aliphatic rings. The second-order valence-electron chi connectivity index (χ2n) is 8.38. The second kappa shape index (κ2) is 10.4. The molecule has 1 aliphatic heterocycles. The zero-order valence-electron chi connectivity index (χ0n) is 18.7. The van der Waals surface area contributed by atoms with Crippen molar-refractivity contribution in [1.82, 2.24) is 20.0 Å². The fraction of sp³-hybridized carbons (Fsp3) is 0.478. The molecule has 1 saturated heterocycles. The Morgan fingerprint density at radius 1 is 1.22 bits per heavy atom. The van der Waals surface area contributed by atoms with Crippen molar-refractivity contribution in [3.8, 4) is 0 Å². The summed E-state index contributed by atoms with van der Waals surface area (Å²) in [4.78, 5) is 37.4. The molecule has 3 rings (SSSR count). The van der Waals surface area contributed by atoms with Crippen LogP contribution in [-0.2, 0) is 14.3 Å². The van der Waals surface area contributed by atoms with Crippen LogP contribution in [0.1, 0.15) is 50.0 Å². The maximum atomic E-state index is 13.0. The number of piperidine rings is 1. The molecule has 9 nitrogen and oxygen atoms in total. The zero-order chi connectivity index (χ0) is 23.3. The number of carbonyl (C=O) groups is 3. The van der Waals surface area contributed by atoms with Crippen molar-refractivity contribution in [2.45, 2.75) is 51.7 Å². The predicted molar refractivity (Wildman–Crippen MR) is 119 cm³/mol. The number of rotatable bonds is 8. The normalized spacial score (nSPS) is 16.5. The first-order valence-corrected chi connectivity index (χ1v) is 10.8. The van der Waals surface area contributed by atoms with Crippen molar-refractivity contribution in [1.29, 1.82) is 0 Å². The van der Waals surface area contributed by atoms with Gasteiger partial charge in [-0.15, -0.1) is 0 Å². The van der Waals surface area contributed by atoms with Crippen LogP contribution < -0.4 is 5.32 Å². The quantitative estimate of drug-likeness (QED) is 0.477. The van der Waals surface area contributed by atoms with Crippen molar-refractivity contribution in [3.05, 3.63) is 42.1 Å². The largest absolute Gasteiger partial charge is 0.478 e. The third-order valence-corrected chi connectivity index (χ3v) is 5.67. The number of carbonyl (C=O) groups excluding carboxylic acids is 2. The number of hydrogen-bond donors (Lipinski definition) is 2. The van der Waals surface area contributed by atoms with Gasteiger partial charge in [0.15, 0.2) is 0 Å². The topological polar surface area (TPSA) is 114 Å². The number of amides is 1. The first-order chi connectivity index (χ1) is 15.2. The number of esters is 1. The van der Waals surface area contributed by atoms with E-state index >= 15 is 0 Å². The summed E-state index contributed by atoms with van der Waals surface area (Å²) in [6.45, 7) is 8.16. The van der Waals surface area contributed by atoms with Crippen molar-refractivity contribution in [2.75, 3.05) is 19.7 Å². The number of fused-ring (bicyclic) bond motifs is 1. The van der Waals surface area contributed by atoms with E-state index in [4.69, 9.17) is 9.84 Å². The van der Waals surface area contributed by atoms with E-state index in [2.05, 4.69) is 29.2 Å². The van der Waals surface area contributed by atoms with E-state index in [0.29, 0.717) is 17.1 Å². The van der Waals surface area contributed by atoms with Gasteiger partial charge >= 0.3 is 11.9 Å². The molecule has 1 atom stereocenters. The Hall–Kier alpha value is -3.20. The smallest absolute Gasteiger partial charge is 0.331 e. The molecule has 0 saturated carbocycles. The predicted octanol–water partition coefficient (Wildman–Crippen LogP) is 2.38. The molecule has 1 aromatic carbocycles. The van der Waals surface area contributed by atoms with Crippen LogP contribution in [0.2, 0.25) is 0 Å². The zero-order valence-corrected chi connectivity index (χ0v) is 18.7. The third-order valence-electron chi connectivity index (χ3n) is 5.67. The van der Waals surface area contributed by atoms with E-state index in [-0.39, 0.29) is 24.6 Å². The lowest BCUT2D eigenvalue weighted by Gasteiger charge is -2.34. The van der Waals surface area contributed by atoms with E-state index in [0.717, 1.165) is 43.5 Å². The summed E-state index contributed by atoms with van der Waals surface area (Å²) in [5.74, 6) is -2.09. The third kappa shape index (κ3) is 5.94. The Kier molecular flexibility index (Phi) is 7.63. The number of carboxylic acid groups (broad SMARTS) is 1. The lowest BCUT2D eigenvalue weighted by Crippen LogP contribution is -2.46. The average molecular weight is 443 g/mol. The fourth-order valence-corrected chi connectivity index (χ4v) is 3.76. The summed E-state index contributed by atoms with van der Waals surface area (Å²) in [6.07, 6.45) is 5.24. The Bertz CT molecular complexity index is 1000. The van der Waals surface area contributed by atoms with Crippen LogP contribution in [0.4, 0.5) is 0 Å². The highest BCUT2D eigenvalue weighted by Crippen LogP contribution is 2.21. The van der Waals surface area contributed by atoms with Crippen LogP contribution in [-0.4, -0.2) is 69.4 Å². The van der Waals surface area contributed by atoms with Gasteiger partial charge in [-0.2, -0.15) is 5.10 Å². The van der Waals surface area contributed by atoms with Gasteiger partial charge in [-0.25, -0.2) is 9.59 Å². The van der Waals surface area contributed by atoms with Gasteiger partial charge in [0.1, 0.15) is 12.1 Å². The highest BCUT2D eigenvalue weighted by molar-refractivity contribution is 6.05. The van der Waals surface area contributed by atoms with E-state index in [1.807, 2.05) is 19.1 Å². The molecule has 172 valence electrons. The number of nitrogens with one attached hydrogen (secondary N) is 1. The van der Waals surface area contributed by atoms with Crippen LogP contribution in [0.5, 0.6) is 0 Å². The summed E-state index contributed by atoms with van der Waals surface area (Å²) in [5.41, 5.74) is 1.11. The first kappa shape index (κ1) is 23.5. The summed E-state index contributed by atoms with van der Waals surface area (Å²) < 4.78 is 6.72. The number of hydrogen-bond acceptors (Lipinski definition) is 6. The van der Waals surface area contributed by atoms with E-state index < -0.39 is 11.9 Å². The van der Waals surface area contributed by atoms with Crippen LogP contribution in [0.3, 0.4) is 0 Å². The van der Waals surface area contributed by atoms with Gasteiger partial charge in [0, 0.05) is 48.9 Å². The average Bonchev–Trinajstić information content (AvgIpc) is 3.20. The maximum absolute atomic E-state index is 13.0. The van der Waals surface area contributed by atoms with Crippen LogP contribution in [0.25, 0.3) is 10.9 Å². The Balaban J connectivity index is 1.65. The van der Waals surface area contributed by atoms with Gasteiger partial charge in [0.25, 0.3) is 5.91 Å². The standard InChI is InChI=1S/C23H30N4O5/c1-15(2)26-11-9-18(10-12-26)24-23(31)19-6-4-5-17-13-27(25-22(17)19)16(3)14-32-21(30)8-7-20(28)29/h4-8,13,15-16,18H,9-12,14H2,1-3H3,(H,24,31)(H,28,29)/b8-7+. The van der Waals surface area contributed by atoms with Gasteiger partial charge in [-0.3, -0.25) is 9.48 Å². The number of ether oxygens (including phenoxy) is 1. The number of aliphatic carboxylic acids is 1. The van der Waals surface area contributed by atoms with Crippen molar-refractivity contribution >= 4 is 28.7 Å². The highest BCUT2D eigenvalue weighted by atomic mass is 16.5. The molecule has 0 aliphatic carbocycles. The molecular formula is C23H30N4O5. The van der Waals surface area contributed by atoms with Crippen LogP contribution in [0, 0.1) is 0 Å². The van der Waals surface area contributed by atoms with Crippen molar-refractivity contribution in [2.24, 2.45) is 0 Å². The molecule has 0 bridgehead atoms. The van der Waals surface area contributed by atoms with Gasteiger partial charge in [0.05, 0.1) is 11.6 Å². The molecule has 2 N–H and O–H groups in total.